The maximum atomic E-state index is 11.7. The van der Waals surface area contributed by atoms with E-state index < -0.39 is 0 Å². The summed E-state index contributed by atoms with van der Waals surface area (Å²) in [6, 6.07) is 0. The van der Waals surface area contributed by atoms with Gasteiger partial charge in [-0.25, -0.2) is 0 Å². The molecule has 2 rings (SSSR count). The highest BCUT2D eigenvalue weighted by atomic mass is 16.2. The summed E-state index contributed by atoms with van der Waals surface area (Å²) in [4.78, 5) is 13.7. The lowest BCUT2D eigenvalue weighted by molar-refractivity contribution is -0.132. The van der Waals surface area contributed by atoms with Crippen LogP contribution in [0.15, 0.2) is 0 Å². The summed E-state index contributed by atoms with van der Waals surface area (Å²) < 4.78 is 0. The number of carbonyl (C=O) groups is 1. The molecule has 1 saturated heterocycles. The first-order valence-corrected chi connectivity index (χ1v) is 5.26. The number of likely N-dealkylation sites (tertiary alicyclic amines) is 1. The molecule has 1 aliphatic heterocycles. The molecule has 13 heavy (non-hydrogen) atoms. The molecular formula is C10H18N2O. The lowest BCUT2D eigenvalue weighted by Gasteiger charge is -2.38. The van der Waals surface area contributed by atoms with Crippen LogP contribution in [0.25, 0.3) is 0 Å². The number of carbonyl (C=O) groups excluding carboxylic acids is 1. The minimum atomic E-state index is -0.139. The van der Waals surface area contributed by atoms with Crippen molar-refractivity contribution in [2.24, 2.45) is 5.73 Å². The van der Waals surface area contributed by atoms with Crippen molar-refractivity contribution >= 4 is 5.91 Å². The Morgan fingerprint density at radius 3 is 2.31 bits per heavy atom. The topological polar surface area (TPSA) is 46.3 Å². The van der Waals surface area contributed by atoms with Crippen molar-refractivity contribution in [2.75, 3.05) is 13.1 Å². The number of hydrogen-bond acceptors (Lipinski definition) is 2. The summed E-state index contributed by atoms with van der Waals surface area (Å²) in [5.41, 5.74) is 5.88. The lowest BCUT2D eigenvalue weighted by atomic mass is 9.75. The lowest BCUT2D eigenvalue weighted by Crippen LogP contribution is -2.50. The predicted octanol–water partition coefficient (Wildman–Crippen LogP) is 0.880. The van der Waals surface area contributed by atoms with Crippen LogP contribution in [0.3, 0.4) is 0 Å². The fourth-order valence-corrected chi connectivity index (χ4v) is 2.19. The van der Waals surface area contributed by atoms with Crippen LogP contribution >= 0.6 is 0 Å². The Morgan fingerprint density at radius 1 is 1.23 bits per heavy atom. The summed E-state index contributed by atoms with van der Waals surface area (Å²) in [6.07, 6.45) is 6.18. The summed E-state index contributed by atoms with van der Waals surface area (Å²) in [6.45, 7) is 1.91. The van der Waals surface area contributed by atoms with Crippen LogP contribution < -0.4 is 5.73 Å². The van der Waals surface area contributed by atoms with E-state index in [-0.39, 0.29) is 11.4 Å². The number of nitrogens with two attached hydrogens (primary N) is 1. The first kappa shape index (κ1) is 9.00. The van der Waals surface area contributed by atoms with Gasteiger partial charge in [-0.3, -0.25) is 4.79 Å². The standard InChI is InChI=1S/C10H18N2O/c11-10(4-3-5-10)8-9(13)12-6-1-2-7-12/h1-8,11H2. The SMILES string of the molecule is NC1(CC(=O)N2CCCC2)CCC1. The molecule has 1 heterocycles. The van der Waals surface area contributed by atoms with Gasteiger partial charge in [0.05, 0.1) is 0 Å². The van der Waals surface area contributed by atoms with Gasteiger partial charge in [0.2, 0.25) is 5.91 Å². The first-order valence-electron chi connectivity index (χ1n) is 5.26. The second-order valence-corrected chi connectivity index (χ2v) is 4.48. The molecule has 0 aromatic rings. The Balaban J connectivity index is 1.83. The molecule has 3 nitrogen and oxygen atoms in total. The number of amides is 1. The summed E-state index contributed by atoms with van der Waals surface area (Å²) in [7, 11) is 0. The zero-order valence-electron chi connectivity index (χ0n) is 8.09. The van der Waals surface area contributed by atoms with Crippen LogP contribution in [0.1, 0.15) is 38.5 Å². The third kappa shape index (κ3) is 1.85. The van der Waals surface area contributed by atoms with Crippen molar-refractivity contribution in [1.82, 2.24) is 4.90 Å². The largest absolute Gasteiger partial charge is 0.343 e. The van der Waals surface area contributed by atoms with Crippen LogP contribution in [-0.4, -0.2) is 29.4 Å². The Bertz CT molecular complexity index is 205. The fraction of sp³-hybridized carbons (Fsp3) is 0.900. The van der Waals surface area contributed by atoms with E-state index in [9.17, 15) is 4.79 Å². The highest BCUT2D eigenvalue weighted by molar-refractivity contribution is 5.77. The molecule has 0 aromatic heterocycles. The van der Waals surface area contributed by atoms with Gasteiger partial charge in [0.25, 0.3) is 0 Å². The highest BCUT2D eigenvalue weighted by Crippen LogP contribution is 2.32. The second-order valence-electron chi connectivity index (χ2n) is 4.48. The first-order chi connectivity index (χ1) is 6.20. The molecule has 74 valence electrons. The molecule has 0 bridgehead atoms. The normalized spacial score (nSPS) is 25.8. The second kappa shape index (κ2) is 3.29. The maximum Gasteiger partial charge on any atom is 0.224 e. The minimum Gasteiger partial charge on any atom is -0.343 e. The predicted molar refractivity (Wildman–Crippen MR) is 51.2 cm³/mol. The number of rotatable bonds is 2. The monoisotopic (exact) mass is 182 g/mol. The van der Waals surface area contributed by atoms with Gasteiger partial charge in [-0.1, -0.05) is 0 Å². The van der Waals surface area contributed by atoms with Crippen LogP contribution in [0.2, 0.25) is 0 Å². The Kier molecular flexibility index (Phi) is 2.28. The molecular weight excluding hydrogens is 164 g/mol. The van der Waals surface area contributed by atoms with E-state index in [1.54, 1.807) is 0 Å². The molecule has 2 fully saturated rings. The molecule has 0 radical (unpaired) electrons. The molecule has 3 heteroatoms. The summed E-state index contributed by atoms with van der Waals surface area (Å²) in [5.74, 6) is 0.278. The Labute approximate surface area is 79.3 Å². The van der Waals surface area contributed by atoms with Crippen LogP contribution in [0, 0.1) is 0 Å². The van der Waals surface area contributed by atoms with Gasteiger partial charge in [0.1, 0.15) is 0 Å². The van der Waals surface area contributed by atoms with Gasteiger partial charge in [0.15, 0.2) is 0 Å². The van der Waals surface area contributed by atoms with Gasteiger partial charge in [-0.2, -0.15) is 0 Å². The van der Waals surface area contributed by atoms with E-state index in [0.29, 0.717) is 6.42 Å². The smallest absolute Gasteiger partial charge is 0.224 e. The van der Waals surface area contributed by atoms with Crippen molar-refractivity contribution in [2.45, 2.75) is 44.1 Å². The molecule has 0 unspecified atom stereocenters. The van der Waals surface area contributed by atoms with E-state index >= 15 is 0 Å². The maximum absolute atomic E-state index is 11.7. The molecule has 0 atom stereocenters. The van der Waals surface area contributed by atoms with E-state index in [1.165, 1.54) is 19.3 Å². The average Bonchev–Trinajstić information content (AvgIpc) is 2.53. The number of nitrogens with zero attached hydrogens (tertiary/aromatic N) is 1. The van der Waals surface area contributed by atoms with Gasteiger partial charge < -0.3 is 10.6 Å². The van der Waals surface area contributed by atoms with Crippen molar-refractivity contribution in [3.8, 4) is 0 Å². The molecule has 1 saturated carbocycles. The molecule has 0 aromatic carbocycles. The number of hydrogen-bond donors (Lipinski definition) is 1. The zero-order chi connectivity index (χ0) is 9.31. The van der Waals surface area contributed by atoms with E-state index in [4.69, 9.17) is 5.73 Å². The Hall–Kier alpha value is -0.570. The fourth-order valence-electron chi connectivity index (χ4n) is 2.19. The van der Waals surface area contributed by atoms with Crippen molar-refractivity contribution in [1.29, 1.82) is 0 Å². The van der Waals surface area contributed by atoms with Crippen LogP contribution in [-0.2, 0) is 4.79 Å². The summed E-state index contributed by atoms with van der Waals surface area (Å²) in [5, 5.41) is 0. The van der Waals surface area contributed by atoms with Crippen molar-refractivity contribution in [3.63, 3.8) is 0 Å². The highest BCUT2D eigenvalue weighted by Gasteiger charge is 2.36. The average molecular weight is 182 g/mol. The Morgan fingerprint density at radius 2 is 1.85 bits per heavy atom. The van der Waals surface area contributed by atoms with Gasteiger partial charge in [-0.05, 0) is 32.1 Å². The minimum absolute atomic E-state index is 0.139. The van der Waals surface area contributed by atoms with Crippen LogP contribution in [0.5, 0.6) is 0 Å². The van der Waals surface area contributed by atoms with E-state index in [2.05, 4.69) is 0 Å². The zero-order valence-corrected chi connectivity index (χ0v) is 8.09. The van der Waals surface area contributed by atoms with Gasteiger partial charge in [-0.15, -0.1) is 0 Å². The molecule has 1 aliphatic carbocycles. The molecule has 2 N–H and O–H groups in total. The van der Waals surface area contributed by atoms with Crippen molar-refractivity contribution < 1.29 is 4.79 Å². The third-order valence-electron chi connectivity index (χ3n) is 3.31. The molecule has 1 amide bonds. The van der Waals surface area contributed by atoms with E-state index in [1.807, 2.05) is 4.90 Å². The van der Waals surface area contributed by atoms with Crippen molar-refractivity contribution in [3.05, 3.63) is 0 Å². The molecule has 0 spiro atoms. The van der Waals surface area contributed by atoms with Gasteiger partial charge >= 0.3 is 0 Å². The molecule has 2 aliphatic rings. The summed E-state index contributed by atoms with van der Waals surface area (Å²) >= 11 is 0. The van der Waals surface area contributed by atoms with Gasteiger partial charge in [0, 0.05) is 25.0 Å². The third-order valence-corrected chi connectivity index (χ3v) is 3.31. The quantitative estimate of drug-likeness (QED) is 0.689. The van der Waals surface area contributed by atoms with Crippen LogP contribution in [0.4, 0.5) is 0 Å². The van der Waals surface area contributed by atoms with E-state index in [0.717, 1.165) is 25.9 Å².